The van der Waals surface area contributed by atoms with Crippen molar-refractivity contribution >= 4 is 11.9 Å². The van der Waals surface area contributed by atoms with Crippen LogP contribution in [0.25, 0.3) is 0 Å². The van der Waals surface area contributed by atoms with Crippen LogP contribution < -0.4 is 0 Å². The SMILES string of the molecule is CCCCCCC/C=C/CCCCCCCC(=O)O[C@@H](COC(=O)CCCCCCCCCCCCCCCCCCCCCCCC)CO[C@@H]1O[C@H](CO[C@@H]2O[C@H](CO)[C@H](O)C(O)C2O)[C@H](O)C(O)C1O. The van der Waals surface area contributed by atoms with Crippen LogP contribution >= 0.6 is 0 Å². The normalized spacial score (nSPS) is 25.0. The van der Waals surface area contributed by atoms with E-state index in [9.17, 15) is 45.3 Å². The highest BCUT2D eigenvalue weighted by Gasteiger charge is 2.47. The standard InChI is InChI=1S/C57H106O15/c1-3-5-7-9-11-13-15-17-19-20-21-22-23-24-25-26-28-29-31-33-35-37-39-48(59)67-42-45(70-49(60)40-38-36-34-32-30-27-18-16-14-12-10-8-6-4-2)43-68-56-55(66)53(64)51(62)47(72-56)44-69-57-54(65)52(63)50(61)46(41-58)71-57/h16,18,45-47,50-58,61-66H,3-15,17,19-44H2,1-2H3/b18-16+/t45-,46+,47+,50-,51-,52?,53?,54?,55?,56+,57+/m0/s1. The van der Waals surface area contributed by atoms with Gasteiger partial charge < -0.3 is 64.2 Å². The minimum Gasteiger partial charge on any atom is -0.462 e. The number of carbonyl (C=O) groups is 2. The minimum atomic E-state index is -1.76. The van der Waals surface area contributed by atoms with E-state index in [0.29, 0.717) is 12.8 Å². The van der Waals surface area contributed by atoms with Gasteiger partial charge in [0.05, 0.1) is 19.8 Å². The second-order valence-electron chi connectivity index (χ2n) is 20.8. The van der Waals surface area contributed by atoms with Crippen LogP contribution in [0.4, 0.5) is 0 Å². The largest absolute Gasteiger partial charge is 0.462 e. The van der Waals surface area contributed by atoms with Gasteiger partial charge in [0, 0.05) is 12.8 Å². The van der Waals surface area contributed by atoms with Crippen molar-refractivity contribution in [2.75, 3.05) is 26.4 Å². The fraction of sp³-hybridized carbons (Fsp3) is 0.930. The molecular weight excluding hydrogens is 925 g/mol. The maximum atomic E-state index is 13.0. The second kappa shape index (κ2) is 44.4. The zero-order valence-corrected chi connectivity index (χ0v) is 45.2. The molecule has 2 saturated heterocycles. The van der Waals surface area contributed by atoms with Gasteiger partial charge in [-0.1, -0.05) is 206 Å². The number of allylic oxidation sites excluding steroid dienone is 2. The number of unbranched alkanes of at least 4 members (excludes halogenated alkanes) is 31. The van der Waals surface area contributed by atoms with Crippen molar-refractivity contribution in [1.82, 2.24) is 0 Å². The van der Waals surface area contributed by atoms with Crippen molar-refractivity contribution in [2.24, 2.45) is 0 Å². The van der Waals surface area contributed by atoms with Crippen LogP contribution in [0, 0.1) is 0 Å². The Balaban J connectivity index is 1.72. The number of aliphatic hydroxyl groups excluding tert-OH is 7. The summed E-state index contributed by atoms with van der Waals surface area (Å²) in [5, 5.41) is 72.2. The van der Waals surface area contributed by atoms with E-state index in [1.54, 1.807) is 0 Å². The molecule has 15 heteroatoms. The lowest BCUT2D eigenvalue weighted by Crippen LogP contribution is -2.61. The summed E-state index contributed by atoms with van der Waals surface area (Å²) in [5.74, 6) is -0.920. The summed E-state index contributed by atoms with van der Waals surface area (Å²) in [4.78, 5) is 25.9. The molecule has 0 bridgehead atoms. The highest BCUT2D eigenvalue weighted by molar-refractivity contribution is 5.70. The van der Waals surface area contributed by atoms with Gasteiger partial charge in [0.2, 0.25) is 0 Å². The van der Waals surface area contributed by atoms with Crippen LogP contribution in [0.15, 0.2) is 12.2 Å². The van der Waals surface area contributed by atoms with Crippen LogP contribution in [0.2, 0.25) is 0 Å². The molecule has 15 nitrogen and oxygen atoms in total. The highest BCUT2D eigenvalue weighted by atomic mass is 16.7. The summed E-state index contributed by atoms with van der Waals surface area (Å²) >= 11 is 0. The van der Waals surface area contributed by atoms with Gasteiger partial charge in [-0.15, -0.1) is 0 Å². The smallest absolute Gasteiger partial charge is 0.306 e. The monoisotopic (exact) mass is 1030 g/mol. The average Bonchev–Trinajstić information content (AvgIpc) is 3.37. The number of hydrogen-bond acceptors (Lipinski definition) is 15. The van der Waals surface area contributed by atoms with Crippen molar-refractivity contribution < 1.29 is 73.8 Å². The van der Waals surface area contributed by atoms with Crippen LogP contribution in [0.3, 0.4) is 0 Å². The Morgan fingerprint density at radius 3 is 1.22 bits per heavy atom. The molecule has 2 aliphatic heterocycles. The summed E-state index contributed by atoms with van der Waals surface area (Å²) in [5.41, 5.74) is 0. The molecule has 2 heterocycles. The third-order valence-corrected chi connectivity index (χ3v) is 14.2. The molecule has 0 aliphatic carbocycles. The molecule has 424 valence electrons. The summed E-state index contributed by atoms with van der Waals surface area (Å²) < 4.78 is 33.7. The molecule has 0 radical (unpaired) electrons. The van der Waals surface area contributed by atoms with Crippen molar-refractivity contribution in [3.8, 4) is 0 Å². The van der Waals surface area contributed by atoms with E-state index >= 15 is 0 Å². The van der Waals surface area contributed by atoms with Gasteiger partial charge in [0.1, 0.15) is 55.4 Å². The zero-order chi connectivity index (χ0) is 52.4. The number of ether oxygens (including phenoxy) is 6. The molecule has 0 aromatic rings. The van der Waals surface area contributed by atoms with Crippen molar-refractivity contribution in [1.29, 1.82) is 0 Å². The fourth-order valence-electron chi connectivity index (χ4n) is 9.45. The third-order valence-electron chi connectivity index (χ3n) is 14.2. The second-order valence-corrected chi connectivity index (χ2v) is 20.8. The topological polar surface area (TPSA) is 231 Å². The van der Waals surface area contributed by atoms with Gasteiger partial charge in [-0.2, -0.15) is 0 Å². The summed E-state index contributed by atoms with van der Waals surface area (Å²) in [7, 11) is 0. The molecule has 2 fully saturated rings. The lowest BCUT2D eigenvalue weighted by molar-refractivity contribution is -0.332. The molecular formula is C57H106O15. The molecule has 0 aromatic heterocycles. The number of esters is 2. The average molecular weight is 1030 g/mol. The van der Waals surface area contributed by atoms with E-state index in [0.717, 1.165) is 57.8 Å². The van der Waals surface area contributed by atoms with Crippen LogP contribution in [-0.4, -0.2) is 142 Å². The maximum absolute atomic E-state index is 13.0. The lowest BCUT2D eigenvalue weighted by atomic mass is 9.98. The first-order valence-electron chi connectivity index (χ1n) is 29.3. The predicted octanol–water partition coefficient (Wildman–Crippen LogP) is 9.72. The Hall–Kier alpha value is -1.76. The Labute approximate surface area is 435 Å². The number of rotatable bonds is 47. The molecule has 0 aromatic carbocycles. The maximum Gasteiger partial charge on any atom is 0.306 e. The van der Waals surface area contributed by atoms with E-state index in [2.05, 4.69) is 26.0 Å². The van der Waals surface area contributed by atoms with Crippen molar-refractivity contribution in [3.63, 3.8) is 0 Å². The Morgan fingerprint density at radius 2 is 0.792 bits per heavy atom. The van der Waals surface area contributed by atoms with Crippen LogP contribution in [0.5, 0.6) is 0 Å². The van der Waals surface area contributed by atoms with Gasteiger partial charge in [0.15, 0.2) is 18.7 Å². The Kier molecular flexibility index (Phi) is 40.9. The van der Waals surface area contributed by atoms with Gasteiger partial charge in [-0.05, 0) is 38.5 Å². The Morgan fingerprint density at radius 1 is 0.431 bits per heavy atom. The summed E-state index contributed by atoms with van der Waals surface area (Å²) in [6.07, 6.45) is 29.5. The molecule has 0 amide bonds. The molecule has 72 heavy (non-hydrogen) atoms. The molecule has 11 atom stereocenters. The van der Waals surface area contributed by atoms with Crippen molar-refractivity contribution in [2.45, 2.75) is 313 Å². The first kappa shape index (κ1) is 66.4. The highest BCUT2D eigenvalue weighted by Crippen LogP contribution is 2.27. The predicted molar refractivity (Wildman–Crippen MR) is 280 cm³/mol. The van der Waals surface area contributed by atoms with Gasteiger partial charge >= 0.3 is 11.9 Å². The first-order chi connectivity index (χ1) is 35.0. The molecule has 0 spiro atoms. The van der Waals surface area contributed by atoms with Gasteiger partial charge in [-0.3, -0.25) is 9.59 Å². The van der Waals surface area contributed by atoms with E-state index in [1.165, 1.54) is 148 Å². The zero-order valence-electron chi connectivity index (χ0n) is 45.2. The Bertz CT molecular complexity index is 1300. The van der Waals surface area contributed by atoms with E-state index in [1.807, 2.05) is 0 Å². The van der Waals surface area contributed by atoms with E-state index < -0.39 is 92.7 Å². The molecule has 2 rings (SSSR count). The minimum absolute atomic E-state index is 0.159. The lowest BCUT2D eigenvalue weighted by Gasteiger charge is -2.42. The van der Waals surface area contributed by atoms with E-state index in [-0.39, 0.29) is 26.1 Å². The van der Waals surface area contributed by atoms with Gasteiger partial charge in [-0.25, -0.2) is 0 Å². The number of carbonyl (C=O) groups excluding carboxylic acids is 2. The molecule has 0 saturated carbocycles. The number of aliphatic hydroxyl groups is 7. The van der Waals surface area contributed by atoms with Gasteiger partial charge in [0.25, 0.3) is 0 Å². The van der Waals surface area contributed by atoms with Crippen LogP contribution in [0.1, 0.15) is 245 Å². The van der Waals surface area contributed by atoms with Crippen molar-refractivity contribution in [3.05, 3.63) is 12.2 Å². The molecule has 2 aliphatic rings. The molecule has 4 unspecified atom stereocenters. The number of hydrogen-bond donors (Lipinski definition) is 7. The summed E-state index contributed by atoms with van der Waals surface area (Å²) in [6.45, 7) is 2.62. The fourth-order valence-corrected chi connectivity index (χ4v) is 9.45. The summed E-state index contributed by atoms with van der Waals surface area (Å²) in [6, 6.07) is 0. The third kappa shape index (κ3) is 31.3. The first-order valence-corrected chi connectivity index (χ1v) is 29.3. The quantitative estimate of drug-likeness (QED) is 0.0171. The van der Waals surface area contributed by atoms with E-state index in [4.69, 9.17) is 28.4 Å². The molecule has 7 N–H and O–H groups in total. The van der Waals surface area contributed by atoms with Crippen LogP contribution in [-0.2, 0) is 38.0 Å².